The number of amides is 2. The first-order chi connectivity index (χ1) is 12.1. The van der Waals surface area contributed by atoms with E-state index in [-0.39, 0.29) is 23.4 Å². The standard InChI is InChI=1S/C16H12F3N3O4/c1-2-26-10-4-3-7(5-9(10)16(17,18)19)22-11(23)6-8-12(13(22)20)15(25)21-14(8)24/h3-6H,2,20H2,1H3,(H,21,24,25). The van der Waals surface area contributed by atoms with Crippen molar-refractivity contribution in [3.8, 4) is 11.4 Å². The summed E-state index contributed by atoms with van der Waals surface area (Å²) in [5.74, 6) is -2.43. The average Bonchev–Trinajstić information content (AvgIpc) is 2.82. The maximum atomic E-state index is 13.3. The zero-order valence-corrected chi connectivity index (χ0v) is 13.3. The molecule has 1 aromatic heterocycles. The van der Waals surface area contributed by atoms with Crippen molar-refractivity contribution >= 4 is 17.6 Å². The highest BCUT2D eigenvalue weighted by Gasteiger charge is 2.36. The Labute approximate surface area is 144 Å². The zero-order valence-electron chi connectivity index (χ0n) is 13.3. The monoisotopic (exact) mass is 367 g/mol. The van der Waals surface area contributed by atoms with Crippen LogP contribution >= 0.6 is 0 Å². The second-order valence-corrected chi connectivity index (χ2v) is 5.39. The number of nitrogens with two attached hydrogens (primary N) is 1. The van der Waals surface area contributed by atoms with E-state index in [2.05, 4.69) is 0 Å². The van der Waals surface area contributed by atoms with Crippen molar-refractivity contribution in [2.45, 2.75) is 13.1 Å². The van der Waals surface area contributed by atoms with Gasteiger partial charge in [0.1, 0.15) is 11.6 Å². The first-order valence-electron chi connectivity index (χ1n) is 7.40. The summed E-state index contributed by atoms with van der Waals surface area (Å²) in [5, 5.41) is 1.98. The number of rotatable bonds is 3. The number of ether oxygens (including phenoxy) is 1. The maximum Gasteiger partial charge on any atom is 0.420 e. The van der Waals surface area contributed by atoms with E-state index >= 15 is 0 Å². The number of imide groups is 1. The van der Waals surface area contributed by atoms with Gasteiger partial charge < -0.3 is 10.5 Å². The molecule has 3 rings (SSSR count). The molecule has 7 nitrogen and oxygen atoms in total. The molecule has 0 fully saturated rings. The lowest BCUT2D eigenvalue weighted by Gasteiger charge is -2.17. The van der Waals surface area contributed by atoms with E-state index in [0.29, 0.717) is 6.07 Å². The van der Waals surface area contributed by atoms with E-state index in [1.54, 1.807) is 0 Å². The van der Waals surface area contributed by atoms with E-state index in [1.165, 1.54) is 13.0 Å². The molecule has 0 bridgehead atoms. The molecule has 3 N–H and O–H groups in total. The molecule has 26 heavy (non-hydrogen) atoms. The molecule has 0 aliphatic carbocycles. The second kappa shape index (κ2) is 5.90. The van der Waals surface area contributed by atoms with Gasteiger partial charge in [0, 0.05) is 6.07 Å². The van der Waals surface area contributed by atoms with Gasteiger partial charge in [0.2, 0.25) is 0 Å². The molecule has 136 valence electrons. The molecule has 0 spiro atoms. The van der Waals surface area contributed by atoms with Crippen molar-refractivity contribution in [1.82, 2.24) is 9.88 Å². The van der Waals surface area contributed by atoms with Crippen LogP contribution in [0.2, 0.25) is 0 Å². The smallest absolute Gasteiger partial charge is 0.420 e. The van der Waals surface area contributed by atoms with Crippen molar-refractivity contribution in [3.63, 3.8) is 0 Å². The summed E-state index contributed by atoms with van der Waals surface area (Å²) in [6.07, 6.45) is -4.73. The Kier molecular flexibility index (Phi) is 3.98. The van der Waals surface area contributed by atoms with Gasteiger partial charge in [-0.05, 0) is 25.1 Å². The number of carbonyl (C=O) groups is 2. The molecule has 0 atom stereocenters. The van der Waals surface area contributed by atoms with Gasteiger partial charge in [-0.2, -0.15) is 13.2 Å². The fourth-order valence-corrected chi connectivity index (χ4v) is 2.71. The number of hydrogen-bond acceptors (Lipinski definition) is 5. The summed E-state index contributed by atoms with van der Waals surface area (Å²) < 4.78 is 45.6. The third kappa shape index (κ3) is 2.68. The topological polar surface area (TPSA) is 103 Å². The predicted octanol–water partition coefficient (Wildman–Crippen LogP) is 1.72. The first kappa shape index (κ1) is 17.5. The number of pyridine rings is 1. The van der Waals surface area contributed by atoms with Crippen LogP contribution in [0.3, 0.4) is 0 Å². The largest absolute Gasteiger partial charge is 0.493 e. The molecule has 1 aliphatic heterocycles. The van der Waals surface area contributed by atoms with Crippen LogP contribution in [0, 0.1) is 0 Å². The number of alkyl halides is 3. The third-order valence-electron chi connectivity index (χ3n) is 3.78. The number of fused-ring (bicyclic) bond motifs is 1. The van der Waals surface area contributed by atoms with Gasteiger partial charge in [-0.25, -0.2) is 0 Å². The van der Waals surface area contributed by atoms with Crippen LogP contribution in [0.5, 0.6) is 5.75 Å². The summed E-state index contributed by atoms with van der Waals surface area (Å²) in [7, 11) is 0. The molecular formula is C16H12F3N3O4. The predicted molar refractivity (Wildman–Crippen MR) is 84.4 cm³/mol. The highest BCUT2D eigenvalue weighted by Crippen LogP contribution is 2.38. The van der Waals surface area contributed by atoms with Gasteiger partial charge in [-0.15, -0.1) is 0 Å². The molecule has 10 heteroatoms. The quantitative estimate of drug-likeness (QED) is 0.804. The lowest BCUT2D eigenvalue weighted by molar-refractivity contribution is -0.138. The molecule has 1 aliphatic rings. The Bertz CT molecular complexity index is 995. The summed E-state index contributed by atoms with van der Waals surface area (Å²) in [6.45, 7) is 1.55. The number of nitrogen functional groups attached to an aromatic ring is 1. The Morgan fingerprint density at radius 2 is 1.85 bits per heavy atom. The van der Waals surface area contributed by atoms with Crippen molar-refractivity contribution in [2.75, 3.05) is 12.3 Å². The number of anilines is 1. The number of carbonyl (C=O) groups excluding carboxylic acids is 2. The molecule has 2 amide bonds. The summed E-state index contributed by atoms with van der Waals surface area (Å²) >= 11 is 0. The summed E-state index contributed by atoms with van der Waals surface area (Å²) in [4.78, 5) is 35.8. The summed E-state index contributed by atoms with van der Waals surface area (Å²) in [6, 6.07) is 3.82. The minimum Gasteiger partial charge on any atom is -0.493 e. The highest BCUT2D eigenvalue weighted by atomic mass is 19.4. The Hall–Kier alpha value is -3.30. The van der Waals surface area contributed by atoms with E-state index in [1.807, 2.05) is 5.32 Å². The Morgan fingerprint density at radius 3 is 2.46 bits per heavy atom. The number of benzene rings is 1. The average molecular weight is 367 g/mol. The number of aromatic nitrogens is 1. The first-order valence-corrected chi connectivity index (χ1v) is 7.40. The van der Waals surface area contributed by atoms with Crippen LogP contribution in [0.1, 0.15) is 33.2 Å². The van der Waals surface area contributed by atoms with E-state index < -0.39 is 40.7 Å². The van der Waals surface area contributed by atoms with Crippen LogP contribution in [0.15, 0.2) is 29.1 Å². The number of nitrogens with one attached hydrogen (secondary N) is 1. The Balaban J connectivity index is 2.26. The molecule has 1 aromatic carbocycles. The van der Waals surface area contributed by atoms with E-state index in [0.717, 1.165) is 16.7 Å². The second-order valence-electron chi connectivity index (χ2n) is 5.39. The van der Waals surface area contributed by atoms with Gasteiger partial charge in [0.25, 0.3) is 17.4 Å². The highest BCUT2D eigenvalue weighted by molar-refractivity contribution is 6.23. The normalized spacial score (nSPS) is 13.5. The molecule has 0 radical (unpaired) electrons. The van der Waals surface area contributed by atoms with Crippen LogP contribution in [-0.4, -0.2) is 23.0 Å². The molecule has 2 aromatic rings. The van der Waals surface area contributed by atoms with Crippen molar-refractivity contribution in [2.24, 2.45) is 0 Å². The van der Waals surface area contributed by atoms with Crippen molar-refractivity contribution in [1.29, 1.82) is 0 Å². The van der Waals surface area contributed by atoms with Crippen LogP contribution in [-0.2, 0) is 6.18 Å². The molecule has 0 saturated heterocycles. The number of nitrogens with zero attached hydrogens (tertiary/aromatic N) is 1. The fraction of sp³-hybridized carbons (Fsp3) is 0.188. The SMILES string of the molecule is CCOc1ccc(-n2c(N)c3c(cc2=O)C(=O)NC3=O)cc1C(F)(F)F. The molecular weight excluding hydrogens is 355 g/mol. The van der Waals surface area contributed by atoms with E-state index in [4.69, 9.17) is 10.5 Å². The van der Waals surface area contributed by atoms with Crippen LogP contribution in [0.4, 0.5) is 19.0 Å². The minimum absolute atomic E-state index is 0.0195. The van der Waals surface area contributed by atoms with E-state index in [9.17, 15) is 27.6 Å². The lowest BCUT2D eigenvalue weighted by atomic mass is 10.1. The van der Waals surface area contributed by atoms with Gasteiger partial charge in [-0.1, -0.05) is 0 Å². The van der Waals surface area contributed by atoms with Gasteiger partial charge >= 0.3 is 6.18 Å². The zero-order chi connectivity index (χ0) is 19.2. The number of halogens is 3. The lowest BCUT2D eigenvalue weighted by Crippen LogP contribution is -2.24. The van der Waals surface area contributed by atoms with Crippen LogP contribution < -0.4 is 21.3 Å². The minimum atomic E-state index is -4.73. The van der Waals surface area contributed by atoms with Gasteiger partial charge in [-0.3, -0.25) is 24.3 Å². The molecule has 2 heterocycles. The summed E-state index contributed by atoms with van der Waals surface area (Å²) in [5.41, 5.74) is 3.20. The third-order valence-corrected chi connectivity index (χ3v) is 3.78. The Morgan fingerprint density at radius 1 is 1.15 bits per heavy atom. The molecule has 0 unspecified atom stereocenters. The number of hydrogen-bond donors (Lipinski definition) is 2. The fourth-order valence-electron chi connectivity index (χ4n) is 2.71. The van der Waals surface area contributed by atoms with Crippen molar-refractivity contribution in [3.05, 3.63) is 51.3 Å². The van der Waals surface area contributed by atoms with Gasteiger partial charge in [0.05, 0.1) is 29.0 Å². The molecule has 0 saturated carbocycles. The maximum absolute atomic E-state index is 13.3. The van der Waals surface area contributed by atoms with Crippen molar-refractivity contribution < 1.29 is 27.5 Å². The van der Waals surface area contributed by atoms with Crippen LogP contribution in [0.25, 0.3) is 5.69 Å². The van der Waals surface area contributed by atoms with Gasteiger partial charge in [0.15, 0.2) is 0 Å².